The minimum atomic E-state index is -0.690. The van der Waals surface area contributed by atoms with Crippen LogP contribution in [0.3, 0.4) is 0 Å². The molecular formula is C17H23FN2O2. The van der Waals surface area contributed by atoms with E-state index in [4.69, 9.17) is 10.5 Å². The van der Waals surface area contributed by atoms with Crippen LogP contribution in [-0.4, -0.2) is 42.6 Å². The summed E-state index contributed by atoms with van der Waals surface area (Å²) in [6.07, 6.45) is 3.08. The summed E-state index contributed by atoms with van der Waals surface area (Å²) in [4.78, 5) is 14.6. The van der Waals surface area contributed by atoms with E-state index in [-0.39, 0.29) is 17.8 Å². The predicted molar refractivity (Wildman–Crippen MR) is 81.7 cm³/mol. The van der Waals surface area contributed by atoms with Crippen LogP contribution in [0.1, 0.15) is 24.8 Å². The van der Waals surface area contributed by atoms with E-state index >= 15 is 0 Å². The smallest absolute Gasteiger partial charge is 0.254 e. The van der Waals surface area contributed by atoms with E-state index in [1.54, 1.807) is 7.11 Å². The first-order valence-corrected chi connectivity index (χ1v) is 7.87. The molecule has 2 aliphatic rings. The van der Waals surface area contributed by atoms with Gasteiger partial charge in [-0.15, -0.1) is 0 Å². The summed E-state index contributed by atoms with van der Waals surface area (Å²) in [5.41, 5.74) is 6.25. The molecule has 0 bridgehead atoms. The number of nitrogens with zero attached hydrogens (tertiary/aromatic N) is 1. The molecule has 1 saturated carbocycles. The molecule has 0 radical (unpaired) electrons. The summed E-state index contributed by atoms with van der Waals surface area (Å²) in [6, 6.07) is 6.69. The van der Waals surface area contributed by atoms with Crippen molar-refractivity contribution in [1.29, 1.82) is 0 Å². The number of halogens is 1. The molecule has 1 unspecified atom stereocenters. The average Bonchev–Trinajstić information content (AvgIpc) is 2.94. The van der Waals surface area contributed by atoms with Gasteiger partial charge in [0.15, 0.2) is 0 Å². The van der Waals surface area contributed by atoms with Gasteiger partial charge in [-0.05, 0) is 36.5 Å². The van der Waals surface area contributed by atoms with Crippen LogP contribution in [0.5, 0.6) is 0 Å². The molecule has 1 heterocycles. The Morgan fingerprint density at radius 3 is 2.68 bits per heavy atom. The second-order valence-electron chi connectivity index (χ2n) is 6.60. The first-order chi connectivity index (χ1) is 10.5. The number of rotatable bonds is 4. The summed E-state index contributed by atoms with van der Waals surface area (Å²) in [7, 11) is 1.59. The average molecular weight is 306 g/mol. The topological polar surface area (TPSA) is 55.6 Å². The highest BCUT2D eigenvalue weighted by Crippen LogP contribution is 2.37. The van der Waals surface area contributed by atoms with E-state index in [2.05, 4.69) is 0 Å². The van der Waals surface area contributed by atoms with E-state index in [1.807, 2.05) is 17.0 Å². The Morgan fingerprint density at radius 2 is 2.09 bits per heavy atom. The third kappa shape index (κ3) is 2.88. The van der Waals surface area contributed by atoms with Gasteiger partial charge in [-0.3, -0.25) is 4.79 Å². The zero-order valence-corrected chi connectivity index (χ0v) is 12.9. The lowest BCUT2D eigenvalue weighted by Gasteiger charge is -2.45. The van der Waals surface area contributed by atoms with Gasteiger partial charge in [-0.2, -0.15) is 0 Å². The number of nitrogens with two attached hydrogens (primary N) is 1. The highest BCUT2D eigenvalue weighted by Gasteiger charge is 2.51. The maximum atomic E-state index is 12.9. The first-order valence-electron chi connectivity index (χ1n) is 7.87. The number of carbonyl (C=O) groups excluding carboxylic acids is 1. The number of benzene rings is 1. The number of hydrogen-bond acceptors (Lipinski definition) is 3. The molecule has 1 saturated heterocycles. The molecule has 5 heteroatoms. The van der Waals surface area contributed by atoms with Gasteiger partial charge >= 0.3 is 0 Å². The Bertz CT molecular complexity index is 540. The van der Waals surface area contributed by atoms with Crippen LogP contribution in [0.25, 0.3) is 0 Å². The third-order valence-electron chi connectivity index (χ3n) is 4.98. The Balaban J connectivity index is 1.58. The van der Waals surface area contributed by atoms with E-state index in [0.717, 1.165) is 31.5 Å². The molecule has 2 fully saturated rings. The fraction of sp³-hybridized carbons (Fsp3) is 0.588. The van der Waals surface area contributed by atoms with Gasteiger partial charge in [-0.1, -0.05) is 12.1 Å². The summed E-state index contributed by atoms with van der Waals surface area (Å²) in [5.74, 6) is 0.297. The lowest BCUT2D eigenvalue weighted by molar-refractivity contribution is -0.167. The molecule has 1 amide bonds. The SMILES string of the molecule is COC1(C(=O)N2CCC(Cc3ccc(F)cc3)C2)CC(N)C1. The van der Waals surface area contributed by atoms with Crippen molar-refractivity contribution in [2.24, 2.45) is 11.7 Å². The highest BCUT2D eigenvalue weighted by atomic mass is 19.1. The molecule has 4 nitrogen and oxygen atoms in total. The molecule has 120 valence electrons. The number of ether oxygens (including phenoxy) is 1. The second kappa shape index (κ2) is 5.97. The van der Waals surface area contributed by atoms with Crippen LogP contribution in [0.4, 0.5) is 4.39 Å². The van der Waals surface area contributed by atoms with Crippen molar-refractivity contribution in [3.63, 3.8) is 0 Å². The number of carbonyl (C=O) groups is 1. The number of likely N-dealkylation sites (tertiary alicyclic amines) is 1. The van der Waals surface area contributed by atoms with Crippen molar-refractivity contribution < 1.29 is 13.9 Å². The summed E-state index contributed by atoms with van der Waals surface area (Å²) in [6.45, 7) is 1.52. The molecule has 1 atom stereocenters. The summed E-state index contributed by atoms with van der Waals surface area (Å²) < 4.78 is 18.4. The standard InChI is InChI=1S/C17H23FN2O2/c1-22-17(9-15(19)10-17)16(21)20-7-6-13(11-20)8-12-2-4-14(18)5-3-12/h2-5,13,15H,6-11,19H2,1H3. The van der Waals surface area contributed by atoms with Crippen LogP contribution in [0.15, 0.2) is 24.3 Å². The van der Waals surface area contributed by atoms with Crippen molar-refractivity contribution in [1.82, 2.24) is 4.90 Å². The lowest BCUT2D eigenvalue weighted by atomic mass is 9.75. The maximum Gasteiger partial charge on any atom is 0.254 e. The number of amides is 1. The molecule has 0 spiro atoms. The van der Waals surface area contributed by atoms with E-state index < -0.39 is 5.60 Å². The van der Waals surface area contributed by atoms with E-state index in [9.17, 15) is 9.18 Å². The molecule has 1 aliphatic carbocycles. The van der Waals surface area contributed by atoms with Gasteiger partial charge in [0, 0.05) is 39.1 Å². The predicted octanol–water partition coefficient (Wildman–Crippen LogP) is 1.72. The molecule has 2 N–H and O–H groups in total. The van der Waals surface area contributed by atoms with E-state index in [1.165, 1.54) is 12.1 Å². The Hall–Kier alpha value is -1.46. The number of methoxy groups -OCH3 is 1. The largest absolute Gasteiger partial charge is 0.368 e. The third-order valence-corrected chi connectivity index (χ3v) is 4.98. The first kappa shape index (κ1) is 15.4. The van der Waals surface area contributed by atoms with Gasteiger partial charge in [0.05, 0.1) is 0 Å². The maximum absolute atomic E-state index is 12.9. The minimum absolute atomic E-state index is 0.0708. The quantitative estimate of drug-likeness (QED) is 0.921. The minimum Gasteiger partial charge on any atom is -0.368 e. The summed E-state index contributed by atoms with van der Waals surface area (Å²) in [5, 5.41) is 0. The van der Waals surface area contributed by atoms with Crippen molar-refractivity contribution in [3.05, 3.63) is 35.6 Å². The zero-order chi connectivity index (χ0) is 15.7. The summed E-state index contributed by atoms with van der Waals surface area (Å²) >= 11 is 0. The van der Waals surface area contributed by atoms with Crippen LogP contribution >= 0.6 is 0 Å². The van der Waals surface area contributed by atoms with Crippen LogP contribution in [-0.2, 0) is 16.0 Å². The van der Waals surface area contributed by atoms with Crippen molar-refractivity contribution in [3.8, 4) is 0 Å². The molecule has 22 heavy (non-hydrogen) atoms. The van der Waals surface area contributed by atoms with Crippen LogP contribution < -0.4 is 5.73 Å². The highest BCUT2D eigenvalue weighted by molar-refractivity contribution is 5.87. The Kier molecular flexibility index (Phi) is 4.19. The van der Waals surface area contributed by atoms with Gasteiger partial charge in [0.25, 0.3) is 5.91 Å². The zero-order valence-electron chi connectivity index (χ0n) is 12.9. The second-order valence-corrected chi connectivity index (χ2v) is 6.60. The molecular weight excluding hydrogens is 283 g/mol. The molecule has 0 aromatic heterocycles. The Morgan fingerprint density at radius 1 is 1.41 bits per heavy atom. The fourth-order valence-electron chi connectivity index (χ4n) is 3.64. The van der Waals surface area contributed by atoms with Crippen molar-refractivity contribution in [2.45, 2.75) is 37.3 Å². The lowest BCUT2D eigenvalue weighted by Crippen LogP contribution is -2.61. The fourth-order valence-corrected chi connectivity index (χ4v) is 3.64. The number of hydrogen-bond donors (Lipinski definition) is 1. The molecule has 1 aromatic rings. The molecule has 1 aromatic carbocycles. The van der Waals surface area contributed by atoms with Crippen LogP contribution in [0.2, 0.25) is 0 Å². The van der Waals surface area contributed by atoms with Gasteiger partial charge in [0.1, 0.15) is 11.4 Å². The molecule has 3 rings (SSSR count). The normalized spacial score (nSPS) is 31.1. The van der Waals surface area contributed by atoms with Gasteiger partial charge in [-0.25, -0.2) is 4.39 Å². The van der Waals surface area contributed by atoms with Gasteiger partial charge in [0.2, 0.25) is 0 Å². The monoisotopic (exact) mass is 306 g/mol. The van der Waals surface area contributed by atoms with Crippen molar-refractivity contribution in [2.75, 3.05) is 20.2 Å². The van der Waals surface area contributed by atoms with E-state index in [0.29, 0.717) is 18.8 Å². The van der Waals surface area contributed by atoms with Crippen molar-refractivity contribution >= 4 is 5.91 Å². The Labute approximate surface area is 130 Å². The van der Waals surface area contributed by atoms with Crippen LogP contribution in [0, 0.1) is 11.7 Å². The molecule has 1 aliphatic heterocycles. The van der Waals surface area contributed by atoms with Gasteiger partial charge < -0.3 is 15.4 Å².